The first-order valence-corrected chi connectivity index (χ1v) is 10.9. The lowest BCUT2D eigenvalue weighted by molar-refractivity contribution is 0.377. The summed E-state index contributed by atoms with van der Waals surface area (Å²) in [5.74, 6) is 4.28. The van der Waals surface area contributed by atoms with Gasteiger partial charge in [0, 0.05) is 11.1 Å². The van der Waals surface area contributed by atoms with Crippen LogP contribution in [0.5, 0.6) is 0 Å². The number of rotatable bonds is 3. The summed E-state index contributed by atoms with van der Waals surface area (Å²) in [7, 11) is 0. The number of anilines is 1. The zero-order chi connectivity index (χ0) is 18.0. The third-order valence-corrected chi connectivity index (χ3v) is 6.80. The number of benzene rings is 2. The summed E-state index contributed by atoms with van der Waals surface area (Å²) in [6.45, 7) is 5.24. The monoisotopic (exact) mass is 364 g/mol. The number of nitrogens with one attached hydrogen (secondary N) is 1. The first kappa shape index (κ1) is 17.7. The van der Waals surface area contributed by atoms with E-state index in [-0.39, 0.29) is 5.41 Å². The molecule has 0 amide bonds. The molecule has 0 aliphatic carbocycles. The number of thioether (sulfide) groups is 1. The second kappa shape index (κ2) is 7.48. The summed E-state index contributed by atoms with van der Waals surface area (Å²) in [4.78, 5) is 5.10. The molecule has 2 heterocycles. The number of fused-ring (bicyclic) bond motifs is 1. The van der Waals surface area contributed by atoms with Gasteiger partial charge < -0.3 is 5.32 Å². The van der Waals surface area contributed by atoms with Gasteiger partial charge in [-0.25, -0.2) is 0 Å². The van der Waals surface area contributed by atoms with E-state index in [0.717, 1.165) is 13.0 Å². The molecule has 2 aromatic carbocycles. The molecule has 2 aliphatic rings. The average Bonchev–Trinajstić information content (AvgIpc) is 2.67. The molecule has 0 saturated carbocycles. The first-order valence-electron chi connectivity index (χ1n) is 9.73. The molecule has 2 aliphatic heterocycles. The van der Waals surface area contributed by atoms with Gasteiger partial charge in [-0.1, -0.05) is 56.3 Å². The molecular formula is C23H28N2S. The van der Waals surface area contributed by atoms with Gasteiger partial charge in [0.1, 0.15) is 5.84 Å². The van der Waals surface area contributed by atoms with Crippen molar-refractivity contribution in [3.63, 3.8) is 0 Å². The van der Waals surface area contributed by atoms with Crippen LogP contribution in [-0.4, -0.2) is 17.3 Å². The Kier molecular flexibility index (Phi) is 5.08. The average molecular weight is 365 g/mol. The SMILES string of the molecule is CC(C)c1ccc(CN=C2Nc3ccccc3CC23CCSCC3)cc1. The van der Waals surface area contributed by atoms with Crippen LogP contribution in [0.4, 0.5) is 5.69 Å². The highest BCUT2D eigenvalue weighted by atomic mass is 32.2. The summed E-state index contributed by atoms with van der Waals surface area (Å²) < 4.78 is 0. The van der Waals surface area contributed by atoms with E-state index < -0.39 is 0 Å². The van der Waals surface area contributed by atoms with Crippen molar-refractivity contribution in [2.24, 2.45) is 10.4 Å². The van der Waals surface area contributed by atoms with E-state index in [1.807, 2.05) is 0 Å². The second-order valence-corrected chi connectivity index (χ2v) is 9.14. The van der Waals surface area contributed by atoms with Crippen LogP contribution in [0.2, 0.25) is 0 Å². The summed E-state index contributed by atoms with van der Waals surface area (Å²) in [5, 5.41) is 3.70. The van der Waals surface area contributed by atoms with E-state index in [0.29, 0.717) is 5.92 Å². The molecule has 0 aromatic heterocycles. The lowest BCUT2D eigenvalue weighted by Crippen LogP contribution is -2.44. The van der Waals surface area contributed by atoms with Crippen LogP contribution >= 0.6 is 11.8 Å². The highest BCUT2D eigenvalue weighted by Crippen LogP contribution is 2.44. The summed E-state index contributed by atoms with van der Waals surface area (Å²) >= 11 is 2.08. The summed E-state index contributed by atoms with van der Waals surface area (Å²) in [5.41, 5.74) is 5.58. The molecule has 1 spiro atoms. The smallest absolute Gasteiger partial charge is 0.108 e. The fraction of sp³-hybridized carbons (Fsp3) is 0.435. The van der Waals surface area contributed by atoms with Crippen molar-refractivity contribution < 1.29 is 0 Å². The Labute approximate surface area is 161 Å². The van der Waals surface area contributed by atoms with Crippen LogP contribution in [0, 0.1) is 5.41 Å². The Morgan fingerprint density at radius 1 is 1.04 bits per heavy atom. The Balaban J connectivity index is 1.60. The minimum absolute atomic E-state index is 0.206. The molecule has 1 saturated heterocycles. The fourth-order valence-electron chi connectivity index (χ4n) is 4.07. The zero-order valence-corrected chi connectivity index (χ0v) is 16.6. The molecule has 2 aromatic rings. The van der Waals surface area contributed by atoms with E-state index in [2.05, 4.69) is 79.5 Å². The topological polar surface area (TPSA) is 24.4 Å². The van der Waals surface area contributed by atoms with Crippen molar-refractivity contribution in [2.75, 3.05) is 16.8 Å². The van der Waals surface area contributed by atoms with Crippen molar-refractivity contribution in [3.05, 3.63) is 65.2 Å². The number of amidine groups is 1. The molecule has 3 heteroatoms. The highest BCUT2D eigenvalue weighted by molar-refractivity contribution is 7.99. The largest absolute Gasteiger partial charge is 0.343 e. The highest BCUT2D eigenvalue weighted by Gasteiger charge is 2.41. The number of hydrogen-bond acceptors (Lipinski definition) is 2. The van der Waals surface area contributed by atoms with E-state index in [1.165, 1.54) is 52.6 Å². The normalized spacial score (nSPS) is 20.2. The second-order valence-electron chi connectivity index (χ2n) is 7.91. The van der Waals surface area contributed by atoms with Crippen LogP contribution in [0.1, 0.15) is 49.3 Å². The van der Waals surface area contributed by atoms with Gasteiger partial charge >= 0.3 is 0 Å². The van der Waals surface area contributed by atoms with Crippen molar-refractivity contribution >= 4 is 23.3 Å². The van der Waals surface area contributed by atoms with Crippen LogP contribution in [0.25, 0.3) is 0 Å². The maximum absolute atomic E-state index is 5.10. The first-order chi connectivity index (χ1) is 12.7. The van der Waals surface area contributed by atoms with Crippen LogP contribution < -0.4 is 5.32 Å². The molecule has 26 heavy (non-hydrogen) atoms. The molecule has 0 radical (unpaired) electrons. The number of hydrogen-bond donors (Lipinski definition) is 1. The van der Waals surface area contributed by atoms with E-state index in [1.54, 1.807) is 0 Å². The maximum atomic E-state index is 5.10. The van der Waals surface area contributed by atoms with Crippen molar-refractivity contribution in [1.82, 2.24) is 0 Å². The van der Waals surface area contributed by atoms with Crippen molar-refractivity contribution in [1.29, 1.82) is 0 Å². The Bertz CT molecular complexity index is 786. The predicted molar refractivity (Wildman–Crippen MR) is 114 cm³/mol. The van der Waals surface area contributed by atoms with Gasteiger partial charge in [0.25, 0.3) is 0 Å². The Morgan fingerprint density at radius 2 is 1.77 bits per heavy atom. The van der Waals surface area contributed by atoms with Gasteiger partial charge in [-0.2, -0.15) is 11.8 Å². The Hall–Kier alpha value is -1.74. The molecule has 1 fully saturated rings. The minimum atomic E-state index is 0.206. The van der Waals surface area contributed by atoms with E-state index in [4.69, 9.17) is 4.99 Å². The third kappa shape index (κ3) is 3.55. The minimum Gasteiger partial charge on any atom is -0.343 e. The molecular weight excluding hydrogens is 336 g/mol. The van der Waals surface area contributed by atoms with Gasteiger partial charge in [-0.3, -0.25) is 4.99 Å². The van der Waals surface area contributed by atoms with E-state index >= 15 is 0 Å². The standard InChI is InChI=1S/C23H28N2S/c1-17(2)19-9-7-18(8-10-19)16-24-22-23(11-13-26-14-12-23)15-20-5-3-4-6-21(20)25-22/h3-10,17H,11-16H2,1-2H3,(H,24,25). The summed E-state index contributed by atoms with van der Waals surface area (Å²) in [6.07, 6.45) is 3.58. The number of para-hydroxylation sites is 1. The summed E-state index contributed by atoms with van der Waals surface area (Å²) in [6, 6.07) is 17.7. The van der Waals surface area contributed by atoms with Crippen LogP contribution in [-0.2, 0) is 13.0 Å². The molecule has 136 valence electrons. The van der Waals surface area contributed by atoms with Crippen molar-refractivity contribution in [3.8, 4) is 0 Å². The quantitative estimate of drug-likeness (QED) is 0.734. The Morgan fingerprint density at radius 3 is 2.50 bits per heavy atom. The third-order valence-electron chi connectivity index (χ3n) is 5.82. The van der Waals surface area contributed by atoms with Crippen LogP contribution in [0.3, 0.4) is 0 Å². The predicted octanol–water partition coefficient (Wildman–Crippen LogP) is 5.89. The maximum Gasteiger partial charge on any atom is 0.108 e. The molecule has 1 N–H and O–H groups in total. The van der Waals surface area contributed by atoms with E-state index in [9.17, 15) is 0 Å². The molecule has 0 atom stereocenters. The van der Waals surface area contributed by atoms with Gasteiger partial charge in [-0.05, 0) is 59.4 Å². The molecule has 0 bridgehead atoms. The zero-order valence-electron chi connectivity index (χ0n) is 15.8. The lowest BCUT2D eigenvalue weighted by atomic mass is 9.73. The molecule has 0 unspecified atom stereocenters. The molecule has 2 nitrogen and oxygen atoms in total. The fourth-order valence-corrected chi connectivity index (χ4v) is 5.34. The number of aliphatic imine (C=N–C) groups is 1. The van der Waals surface area contributed by atoms with Gasteiger partial charge in [0.2, 0.25) is 0 Å². The van der Waals surface area contributed by atoms with Crippen molar-refractivity contribution in [2.45, 2.75) is 45.6 Å². The lowest BCUT2D eigenvalue weighted by Gasteiger charge is -2.42. The van der Waals surface area contributed by atoms with Gasteiger partial charge in [-0.15, -0.1) is 0 Å². The van der Waals surface area contributed by atoms with Gasteiger partial charge in [0.15, 0.2) is 0 Å². The number of nitrogens with zero attached hydrogens (tertiary/aromatic N) is 1. The van der Waals surface area contributed by atoms with Crippen LogP contribution in [0.15, 0.2) is 53.5 Å². The molecule has 4 rings (SSSR count). The van der Waals surface area contributed by atoms with Gasteiger partial charge in [0.05, 0.1) is 6.54 Å².